The van der Waals surface area contributed by atoms with Crippen molar-refractivity contribution in [3.05, 3.63) is 64.1 Å². The number of nitrogens with zero attached hydrogens (tertiary/aromatic N) is 1. The number of phenolic OH excluding ortho intramolecular Hbond substituents is 1. The van der Waals surface area contributed by atoms with Gasteiger partial charge in [0.2, 0.25) is 0 Å². The van der Waals surface area contributed by atoms with Gasteiger partial charge in [0.25, 0.3) is 5.91 Å². The topological polar surface area (TPSA) is 40.5 Å². The Morgan fingerprint density at radius 3 is 2.63 bits per heavy atom. The highest BCUT2D eigenvalue weighted by Crippen LogP contribution is 2.16. The van der Waals surface area contributed by atoms with Crippen LogP contribution in [0.15, 0.2) is 53.0 Å². The number of carbonyl (C=O) groups excluding carboxylic acids is 1. The molecular weight excluding hydrogens is 306 g/mol. The number of phenols is 1. The summed E-state index contributed by atoms with van der Waals surface area (Å²) in [7, 11) is 1.74. The zero-order valence-electron chi connectivity index (χ0n) is 10.5. The molecule has 2 rings (SSSR count). The average molecular weight is 320 g/mol. The third-order valence-electron chi connectivity index (χ3n) is 2.75. The number of hydrogen-bond acceptors (Lipinski definition) is 2. The van der Waals surface area contributed by atoms with Gasteiger partial charge in [-0.15, -0.1) is 0 Å². The Hall–Kier alpha value is -1.81. The Bertz CT molecular complexity index is 598. The number of carbonyl (C=O) groups is 1. The summed E-state index contributed by atoms with van der Waals surface area (Å²) in [5.74, 6) is -0.0161. The smallest absolute Gasteiger partial charge is 0.254 e. The van der Waals surface area contributed by atoms with Gasteiger partial charge in [-0.1, -0.05) is 34.1 Å². The molecule has 1 N–H and O–H groups in total. The summed E-state index contributed by atoms with van der Waals surface area (Å²) in [6.45, 7) is 0.522. The van der Waals surface area contributed by atoms with Crippen molar-refractivity contribution in [2.75, 3.05) is 7.05 Å². The van der Waals surface area contributed by atoms with E-state index in [4.69, 9.17) is 0 Å². The van der Waals surface area contributed by atoms with E-state index < -0.39 is 0 Å². The molecule has 0 radical (unpaired) electrons. The average Bonchev–Trinajstić information content (AvgIpc) is 2.38. The fraction of sp³-hybridized carbons (Fsp3) is 0.133. The first kappa shape index (κ1) is 13.6. The lowest BCUT2D eigenvalue weighted by atomic mass is 10.1. The third-order valence-corrected chi connectivity index (χ3v) is 3.24. The Balaban J connectivity index is 2.12. The highest BCUT2D eigenvalue weighted by atomic mass is 79.9. The van der Waals surface area contributed by atoms with Crippen LogP contribution in [0.25, 0.3) is 0 Å². The molecule has 1 amide bonds. The van der Waals surface area contributed by atoms with Crippen molar-refractivity contribution in [3.63, 3.8) is 0 Å². The molecule has 0 aliphatic heterocycles. The van der Waals surface area contributed by atoms with E-state index in [0.717, 1.165) is 10.0 Å². The molecule has 0 heterocycles. The van der Waals surface area contributed by atoms with Crippen molar-refractivity contribution in [3.8, 4) is 5.75 Å². The van der Waals surface area contributed by atoms with E-state index in [2.05, 4.69) is 15.9 Å². The summed E-state index contributed by atoms with van der Waals surface area (Å²) in [6.07, 6.45) is 0. The largest absolute Gasteiger partial charge is 0.508 e. The van der Waals surface area contributed by atoms with Crippen LogP contribution >= 0.6 is 15.9 Å². The quantitative estimate of drug-likeness (QED) is 0.941. The van der Waals surface area contributed by atoms with E-state index in [1.807, 2.05) is 24.3 Å². The number of aromatic hydroxyl groups is 1. The van der Waals surface area contributed by atoms with Crippen LogP contribution in [0.5, 0.6) is 5.75 Å². The van der Waals surface area contributed by atoms with E-state index in [9.17, 15) is 9.90 Å². The number of amides is 1. The van der Waals surface area contributed by atoms with Crippen molar-refractivity contribution in [2.24, 2.45) is 0 Å². The number of halogens is 1. The number of benzene rings is 2. The Morgan fingerprint density at radius 1 is 1.21 bits per heavy atom. The Labute approximate surface area is 120 Å². The zero-order chi connectivity index (χ0) is 13.8. The standard InChI is InChI=1S/C15H14BrNO2/c1-17(10-11-4-2-6-13(16)8-11)15(19)12-5-3-7-14(18)9-12/h2-9,18H,10H2,1H3. The fourth-order valence-corrected chi connectivity index (χ4v) is 2.29. The summed E-state index contributed by atoms with van der Waals surface area (Å²) < 4.78 is 0.989. The maximum Gasteiger partial charge on any atom is 0.254 e. The summed E-state index contributed by atoms with van der Waals surface area (Å²) in [5.41, 5.74) is 1.53. The number of rotatable bonds is 3. The van der Waals surface area contributed by atoms with Crippen molar-refractivity contribution >= 4 is 21.8 Å². The van der Waals surface area contributed by atoms with E-state index in [1.54, 1.807) is 30.1 Å². The van der Waals surface area contributed by atoms with Gasteiger partial charge in [0, 0.05) is 23.6 Å². The van der Waals surface area contributed by atoms with Gasteiger partial charge >= 0.3 is 0 Å². The molecule has 0 fully saturated rings. The predicted molar refractivity (Wildman–Crippen MR) is 78.0 cm³/mol. The van der Waals surface area contributed by atoms with Gasteiger partial charge in [-0.05, 0) is 35.9 Å². The van der Waals surface area contributed by atoms with Crippen LogP contribution in [0.1, 0.15) is 15.9 Å². The van der Waals surface area contributed by atoms with E-state index >= 15 is 0 Å². The lowest BCUT2D eigenvalue weighted by Crippen LogP contribution is -2.26. The molecule has 4 heteroatoms. The van der Waals surface area contributed by atoms with E-state index in [-0.39, 0.29) is 11.7 Å². The second-order valence-electron chi connectivity index (χ2n) is 4.34. The van der Waals surface area contributed by atoms with E-state index in [1.165, 1.54) is 6.07 Å². The van der Waals surface area contributed by atoms with Crippen LogP contribution in [0.4, 0.5) is 0 Å². The second-order valence-corrected chi connectivity index (χ2v) is 5.26. The summed E-state index contributed by atoms with van der Waals surface area (Å²) >= 11 is 3.41. The van der Waals surface area contributed by atoms with Crippen molar-refractivity contribution < 1.29 is 9.90 Å². The molecule has 98 valence electrons. The summed E-state index contributed by atoms with van der Waals surface area (Å²) in [5, 5.41) is 9.39. The monoisotopic (exact) mass is 319 g/mol. The molecule has 0 aromatic heterocycles. The Morgan fingerprint density at radius 2 is 1.95 bits per heavy atom. The molecule has 0 spiro atoms. The minimum absolute atomic E-state index is 0.0988. The van der Waals surface area contributed by atoms with E-state index in [0.29, 0.717) is 12.1 Å². The molecule has 0 aliphatic carbocycles. The molecule has 2 aromatic rings. The van der Waals surface area contributed by atoms with Crippen LogP contribution in [-0.4, -0.2) is 23.0 Å². The zero-order valence-corrected chi connectivity index (χ0v) is 12.1. The minimum Gasteiger partial charge on any atom is -0.508 e. The first-order chi connectivity index (χ1) is 9.06. The molecule has 0 unspecified atom stereocenters. The maximum absolute atomic E-state index is 12.2. The normalized spacial score (nSPS) is 10.2. The van der Waals surface area contributed by atoms with Gasteiger partial charge in [-0.3, -0.25) is 4.79 Å². The third kappa shape index (κ3) is 3.58. The molecule has 0 bridgehead atoms. The van der Waals surface area contributed by atoms with Gasteiger partial charge in [-0.2, -0.15) is 0 Å². The second kappa shape index (κ2) is 5.89. The molecule has 2 aromatic carbocycles. The van der Waals surface area contributed by atoms with Crippen LogP contribution < -0.4 is 0 Å². The lowest BCUT2D eigenvalue weighted by Gasteiger charge is -2.17. The van der Waals surface area contributed by atoms with Gasteiger partial charge < -0.3 is 10.0 Å². The minimum atomic E-state index is -0.115. The molecule has 0 aliphatic rings. The van der Waals surface area contributed by atoms with Crippen LogP contribution in [0.2, 0.25) is 0 Å². The summed E-state index contributed by atoms with van der Waals surface area (Å²) in [4.78, 5) is 13.8. The molecule has 0 atom stereocenters. The highest BCUT2D eigenvalue weighted by Gasteiger charge is 2.12. The Kier molecular flexibility index (Phi) is 4.22. The molecule has 0 saturated heterocycles. The molecular formula is C15H14BrNO2. The van der Waals surface area contributed by atoms with Gasteiger partial charge in [0.15, 0.2) is 0 Å². The first-order valence-electron chi connectivity index (χ1n) is 5.85. The molecule has 19 heavy (non-hydrogen) atoms. The van der Waals surface area contributed by atoms with Crippen LogP contribution in [0.3, 0.4) is 0 Å². The van der Waals surface area contributed by atoms with Gasteiger partial charge in [0.05, 0.1) is 0 Å². The fourth-order valence-electron chi connectivity index (χ4n) is 1.84. The van der Waals surface area contributed by atoms with Crippen LogP contribution in [0, 0.1) is 0 Å². The SMILES string of the molecule is CN(Cc1cccc(Br)c1)C(=O)c1cccc(O)c1. The number of hydrogen-bond donors (Lipinski definition) is 1. The summed E-state index contributed by atoms with van der Waals surface area (Å²) in [6, 6.07) is 14.2. The maximum atomic E-state index is 12.2. The first-order valence-corrected chi connectivity index (χ1v) is 6.64. The van der Waals surface area contributed by atoms with Gasteiger partial charge in [-0.25, -0.2) is 0 Å². The van der Waals surface area contributed by atoms with Gasteiger partial charge in [0.1, 0.15) is 5.75 Å². The molecule has 3 nitrogen and oxygen atoms in total. The van der Waals surface area contributed by atoms with Crippen molar-refractivity contribution in [1.82, 2.24) is 4.90 Å². The van der Waals surface area contributed by atoms with Crippen molar-refractivity contribution in [1.29, 1.82) is 0 Å². The van der Waals surface area contributed by atoms with Crippen LogP contribution in [-0.2, 0) is 6.54 Å². The van der Waals surface area contributed by atoms with Crippen molar-refractivity contribution in [2.45, 2.75) is 6.54 Å². The lowest BCUT2D eigenvalue weighted by molar-refractivity contribution is 0.0784. The molecule has 0 saturated carbocycles. The predicted octanol–water partition coefficient (Wildman–Crippen LogP) is 3.43. The highest BCUT2D eigenvalue weighted by molar-refractivity contribution is 9.10.